The van der Waals surface area contributed by atoms with Gasteiger partial charge in [0.15, 0.2) is 16.6 Å². The minimum atomic E-state index is -2.01. The van der Waals surface area contributed by atoms with Crippen molar-refractivity contribution in [3.63, 3.8) is 0 Å². The average molecular weight is 543 g/mol. The number of rotatable bonds is 7. The number of aliphatic hydroxyl groups excluding tert-OH is 1. The van der Waals surface area contributed by atoms with Crippen LogP contribution in [-0.4, -0.2) is 76.7 Å². The lowest BCUT2D eigenvalue weighted by atomic mass is 9.78. The summed E-state index contributed by atoms with van der Waals surface area (Å²) in [7, 11) is -3.86. The molecule has 0 aromatic rings. The molecule has 0 aromatic heterocycles. The van der Waals surface area contributed by atoms with Gasteiger partial charge in [0.2, 0.25) is 0 Å². The van der Waals surface area contributed by atoms with Gasteiger partial charge in [-0.15, -0.1) is 6.58 Å². The Morgan fingerprint density at radius 3 is 2.14 bits per heavy atom. The number of hydrogen-bond donors (Lipinski definition) is 1. The Labute approximate surface area is 222 Å². The highest BCUT2D eigenvalue weighted by Crippen LogP contribution is 2.46. The van der Waals surface area contributed by atoms with Gasteiger partial charge in [-0.2, -0.15) is 0 Å². The number of ether oxygens (including phenoxy) is 3. The Balaban J connectivity index is 1.78. The minimum Gasteiger partial charge on any atom is -0.417 e. The zero-order valence-corrected chi connectivity index (χ0v) is 26.8. The van der Waals surface area contributed by atoms with E-state index in [1.807, 2.05) is 0 Å². The van der Waals surface area contributed by atoms with Crippen molar-refractivity contribution in [1.29, 1.82) is 0 Å². The third-order valence-corrected chi connectivity index (χ3v) is 18.7. The van der Waals surface area contributed by atoms with E-state index in [4.69, 9.17) is 23.1 Å². The predicted molar refractivity (Wildman–Crippen MR) is 150 cm³/mol. The SMILES string of the molecule is C=C[C@H]1O[C@@]2(C)C[C@H]3O[C@@H](CCO[Si](C)(C)C(C)(C)C)[C@H](O[Si](C)(C)C(C)(C)C)C[C@@H]3O[C@@H]2C[C@@H]1O. The van der Waals surface area contributed by atoms with E-state index < -0.39 is 28.3 Å². The van der Waals surface area contributed by atoms with Gasteiger partial charge in [0, 0.05) is 25.9 Å². The lowest BCUT2D eigenvalue weighted by Gasteiger charge is -2.56. The zero-order chi connectivity index (χ0) is 27.3. The van der Waals surface area contributed by atoms with Gasteiger partial charge in [-0.05, 0) is 49.6 Å². The molecule has 0 amide bonds. The molecule has 1 N–H and O–H groups in total. The largest absolute Gasteiger partial charge is 0.417 e. The second-order valence-electron chi connectivity index (χ2n) is 14.6. The Morgan fingerprint density at radius 1 is 0.972 bits per heavy atom. The number of hydrogen-bond acceptors (Lipinski definition) is 6. The maximum absolute atomic E-state index is 10.5. The number of fused-ring (bicyclic) bond motifs is 2. The fourth-order valence-electron chi connectivity index (χ4n) is 5.10. The first-order valence-electron chi connectivity index (χ1n) is 13.9. The van der Waals surface area contributed by atoms with Gasteiger partial charge >= 0.3 is 0 Å². The van der Waals surface area contributed by atoms with Crippen LogP contribution in [0.4, 0.5) is 0 Å². The van der Waals surface area contributed by atoms with E-state index in [0.717, 1.165) is 19.3 Å². The van der Waals surface area contributed by atoms with Crippen molar-refractivity contribution in [2.24, 2.45) is 0 Å². The van der Waals surface area contributed by atoms with Crippen LogP contribution in [0.3, 0.4) is 0 Å². The summed E-state index contributed by atoms with van der Waals surface area (Å²) in [5.74, 6) is 0. The topological polar surface area (TPSA) is 66.4 Å². The van der Waals surface area contributed by atoms with Crippen molar-refractivity contribution in [1.82, 2.24) is 0 Å². The van der Waals surface area contributed by atoms with Crippen molar-refractivity contribution in [2.75, 3.05) is 6.61 Å². The van der Waals surface area contributed by atoms with Crippen molar-refractivity contribution < 1.29 is 28.2 Å². The van der Waals surface area contributed by atoms with Gasteiger partial charge in [0.1, 0.15) is 6.10 Å². The van der Waals surface area contributed by atoms with Crippen LogP contribution in [0.15, 0.2) is 12.7 Å². The second-order valence-corrected chi connectivity index (χ2v) is 24.1. The van der Waals surface area contributed by atoms with E-state index >= 15 is 0 Å². The smallest absolute Gasteiger partial charge is 0.192 e. The Morgan fingerprint density at radius 2 is 1.58 bits per heavy atom. The molecule has 210 valence electrons. The monoisotopic (exact) mass is 542 g/mol. The maximum Gasteiger partial charge on any atom is 0.192 e. The third-order valence-electron chi connectivity index (χ3n) is 9.67. The molecule has 8 heteroatoms. The minimum absolute atomic E-state index is 0.0325. The van der Waals surface area contributed by atoms with Crippen LogP contribution in [0.5, 0.6) is 0 Å². The predicted octanol–water partition coefficient (Wildman–Crippen LogP) is 6.20. The summed E-state index contributed by atoms with van der Waals surface area (Å²) in [4.78, 5) is 0. The number of aliphatic hydroxyl groups is 1. The highest BCUT2D eigenvalue weighted by molar-refractivity contribution is 6.74. The van der Waals surface area contributed by atoms with Gasteiger partial charge in [-0.25, -0.2) is 0 Å². The summed E-state index contributed by atoms with van der Waals surface area (Å²) in [6, 6.07) is 0. The summed E-state index contributed by atoms with van der Waals surface area (Å²) >= 11 is 0. The van der Waals surface area contributed by atoms with Crippen LogP contribution in [0.1, 0.15) is 74.1 Å². The van der Waals surface area contributed by atoms with Gasteiger partial charge in [-0.3, -0.25) is 0 Å². The summed E-state index contributed by atoms with van der Waals surface area (Å²) in [5, 5.41) is 10.8. The van der Waals surface area contributed by atoms with Gasteiger partial charge in [-0.1, -0.05) is 47.6 Å². The second kappa shape index (κ2) is 10.5. The molecule has 3 fully saturated rings. The highest BCUT2D eigenvalue weighted by atomic mass is 28.4. The summed E-state index contributed by atoms with van der Waals surface area (Å²) in [6.07, 6.45) is 3.26. The Kier molecular flexibility index (Phi) is 8.88. The van der Waals surface area contributed by atoms with E-state index in [1.54, 1.807) is 6.08 Å². The van der Waals surface area contributed by atoms with Gasteiger partial charge in [0.25, 0.3) is 0 Å². The van der Waals surface area contributed by atoms with E-state index in [9.17, 15) is 5.11 Å². The standard InChI is InChI=1S/C28H54O6Si2/c1-13-20-19(29)16-25-28(8,33-20)18-24-22(32-25)17-23(34-36(11,12)27(5,6)7)21(31-24)14-15-30-35(9,10)26(2,3)4/h13,19-25,29H,1,14-18H2,2-12H3/t19-,20+,21-,22-,23+,24+,25+,28-/m0/s1. The molecule has 3 saturated heterocycles. The Hall–Kier alpha value is -0.0662. The van der Waals surface area contributed by atoms with Crippen LogP contribution < -0.4 is 0 Å². The molecular formula is C28H54O6Si2. The van der Waals surface area contributed by atoms with Gasteiger partial charge < -0.3 is 28.2 Å². The molecule has 3 aliphatic heterocycles. The van der Waals surface area contributed by atoms with Crippen molar-refractivity contribution in [2.45, 2.75) is 159 Å². The molecule has 36 heavy (non-hydrogen) atoms. The molecule has 0 saturated carbocycles. The molecule has 0 radical (unpaired) electrons. The molecule has 0 aromatic carbocycles. The molecule has 8 atom stereocenters. The quantitative estimate of drug-likeness (QED) is 0.305. The molecular weight excluding hydrogens is 488 g/mol. The molecule has 0 bridgehead atoms. The molecule has 0 aliphatic carbocycles. The van der Waals surface area contributed by atoms with Crippen LogP contribution in [0.25, 0.3) is 0 Å². The van der Waals surface area contributed by atoms with Crippen LogP contribution >= 0.6 is 0 Å². The van der Waals surface area contributed by atoms with Crippen LogP contribution in [0.2, 0.25) is 36.3 Å². The average Bonchev–Trinajstić information content (AvgIpc) is 2.71. The summed E-state index contributed by atoms with van der Waals surface area (Å²) < 4.78 is 33.3. The van der Waals surface area contributed by atoms with Crippen molar-refractivity contribution in [3.8, 4) is 0 Å². The first-order valence-corrected chi connectivity index (χ1v) is 19.7. The fraction of sp³-hybridized carbons (Fsp3) is 0.929. The van der Waals surface area contributed by atoms with E-state index in [-0.39, 0.29) is 46.7 Å². The first-order chi connectivity index (χ1) is 16.3. The van der Waals surface area contributed by atoms with Crippen LogP contribution in [0, 0.1) is 0 Å². The molecule has 6 nitrogen and oxygen atoms in total. The van der Waals surface area contributed by atoms with E-state index in [1.165, 1.54) is 0 Å². The highest BCUT2D eigenvalue weighted by Gasteiger charge is 2.55. The molecule has 3 rings (SSSR count). The van der Waals surface area contributed by atoms with E-state index in [2.05, 4.69) is 81.2 Å². The lowest BCUT2D eigenvalue weighted by Crippen LogP contribution is -2.65. The zero-order valence-electron chi connectivity index (χ0n) is 24.8. The van der Waals surface area contributed by atoms with Crippen molar-refractivity contribution in [3.05, 3.63) is 12.7 Å². The fourth-order valence-corrected chi connectivity index (χ4v) is 7.52. The molecule has 3 aliphatic rings. The molecule has 0 unspecified atom stereocenters. The van der Waals surface area contributed by atoms with E-state index in [0.29, 0.717) is 13.0 Å². The summed E-state index contributed by atoms with van der Waals surface area (Å²) in [5.41, 5.74) is -0.505. The molecule has 3 heterocycles. The van der Waals surface area contributed by atoms with Gasteiger partial charge in [0.05, 0.1) is 42.2 Å². The lowest BCUT2D eigenvalue weighted by molar-refractivity contribution is -0.306. The maximum atomic E-state index is 10.5. The first kappa shape index (κ1) is 30.5. The summed E-state index contributed by atoms with van der Waals surface area (Å²) in [6.45, 7) is 29.5. The van der Waals surface area contributed by atoms with Crippen LogP contribution in [-0.2, 0) is 23.1 Å². The normalized spacial score (nSPS) is 38.3. The molecule has 0 spiro atoms. The third kappa shape index (κ3) is 6.38. The Bertz CT molecular complexity index is 773. The van der Waals surface area contributed by atoms with Crippen molar-refractivity contribution >= 4 is 16.6 Å².